The highest BCUT2D eigenvalue weighted by Gasteiger charge is 2.28. The van der Waals surface area contributed by atoms with Crippen LogP contribution in [0.1, 0.15) is 136 Å². The normalized spacial score (nSPS) is 14.5. The number of carbonyl (C=O) groups excluding carboxylic acids is 2. The maximum absolute atomic E-state index is 12.5. The van der Waals surface area contributed by atoms with Crippen molar-refractivity contribution in [2.45, 2.75) is 148 Å². The Labute approximate surface area is 295 Å². The number of carboxylic acids is 1. The lowest BCUT2D eigenvalue weighted by molar-refractivity contribution is -0.161. The fraction of sp³-hybridized carbons (Fsp3) is 0.703. The molecule has 0 aliphatic carbocycles. The number of ether oxygens (including phenoxy) is 2. The molecule has 0 fully saturated rings. The fourth-order valence-corrected chi connectivity index (χ4v) is 5.18. The summed E-state index contributed by atoms with van der Waals surface area (Å²) in [6, 6.07) is -1.52. The zero-order valence-corrected chi connectivity index (χ0v) is 30.9. The number of aliphatic carboxylic acids is 1. The summed E-state index contributed by atoms with van der Waals surface area (Å²) in [5, 5.41) is 8.83. The number of allylic oxidation sites excluding steroid dienone is 8. The van der Waals surface area contributed by atoms with E-state index in [9.17, 15) is 23.8 Å². The van der Waals surface area contributed by atoms with Gasteiger partial charge in [-0.25, -0.2) is 4.57 Å². The molecule has 1 unspecified atom stereocenters. The van der Waals surface area contributed by atoms with Gasteiger partial charge in [0.15, 0.2) is 6.10 Å². The van der Waals surface area contributed by atoms with Gasteiger partial charge in [-0.1, -0.05) is 120 Å². The molecule has 0 aromatic carbocycles. The molecule has 0 aliphatic rings. The van der Waals surface area contributed by atoms with E-state index in [1.165, 1.54) is 32.1 Å². The van der Waals surface area contributed by atoms with Gasteiger partial charge in [0.1, 0.15) is 12.6 Å². The van der Waals surface area contributed by atoms with Gasteiger partial charge in [-0.2, -0.15) is 0 Å². The van der Waals surface area contributed by atoms with Crippen LogP contribution in [-0.4, -0.2) is 59.9 Å². The van der Waals surface area contributed by atoms with Crippen molar-refractivity contribution in [3.63, 3.8) is 0 Å². The number of unbranched alkanes of at least 4 members (excludes halogenated alkanes) is 11. The highest BCUT2D eigenvalue weighted by molar-refractivity contribution is 7.47. The fourth-order valence-electron chi connectivity index (χ4n) is 4.41. The number of nitrogens with two attached hydrogens (primary N) is 1. The first-order valence-electron chi connectivity index (χ1n) is 18.2. The van der Waals surface area contributed by atoms with Crippen molar-refractivity contribution < 1.29 is 47.5 Å². The van der Waals surface area contributed by atoms with E-state index in [0.29, 0.717) is 12.8 Å². The Balaban J connectivity index is 4.46. The van der Waals surface area contributed by atoms with E-state index in [2.05, 4.69) is 67.0 Å². The summed E-state index contributed by atoms with van der Waals surface area (Å²) >= 11 is 0. The molecule has 0 saturated heterocycles. The van der Waals surface area contributed by atoms with E-state index in [1.807, 2.05) is 0 Å². The molecular weight excluding hydrogens is 649 g/mol. The molecule has 0 heterocycles. The van der Waals surface area contributed by atoms with Gasteiger partial charge in [0.05, 0.1) is 13.2 Å². The minimum Gasteiger partial charge on any atom is -0.480 e. The number of phosphoric ester groups is 1. The van der Waals surface area contributed by atoms with Crippen molar-refractivity contribution in [2.75, 3.05) is 19.8 Å². The Morgan fingerprint density at radius 3 is 1.69 bits per heavy atom. The molecule has 0 aromatic heterocycles. The second kappa shape index (κ2) is 32.6. The Kier molecular flexibility index (Phi) is 30.9. The predicted octanol–water partition coefficient (Wildman–Crippen LogP) is 8.66. The zero-order chi connectivity index (χ0) is 36.4. The highest BCUT2D eigenvalue weighted by atomic mass is 31.2. The number of hydrogen-bond donors (Lipinski definition) is 3. The lowest BCUT2D eigenvalue weighted by Crippen LogP contribution is -2.34. The van der Waals surface area contributed by atoms with E-state index in [1.54, 1.807) is 0 Å². The molecule has 0 saturated carbocycles. The van der Waals surface area contributed by atoms with Gasteiger partial charge in [-0.05, 0) is 51.4 Å². The van der Waals surface area contributed by atoms with Crippen LogP contribution in [0.4, 0.5) is 0 Å². The van der Waals surface area contributed by atoms with E-state index >= 15 is 0 Å². The van der Waals surface area contributed by atoms with Crippen molar-refractivity contribution in [3.8, 4) is 0 Å². The maximum Gasteiger partial charge on any atom is 0.472 e. The van der Waals surface area contributed by atoms with E-state index in [-0.39, 0.29) is 19.4 Å². The Hall–Kier alpha value is -2.56. The monoisotopic (exact) mass is 713 g/mol. The molecule has 12 heteroatoms. The van der Waals surface area contributed by atoms with Gasteiger partial charge in [-0.15, -0.1) is 0 Å². The molecule has 0 aliphatic heterocycles. The van der Waals surface area contributed by atoms with Crippen LogP contribution >= 0.6 is 7.82 Å². The van der Waals surface area contributed by atoms with Crippen LogP contribution in [0.5, 0.6) is 0 Å². The largest absolute Gasteiger partial charge is 0.480 e. The molecular formula is C37H64NO10P. The molecule has 4 N–H and O–H groups in total. The van der Waals surface area contributed by atoms with Crippen LogP contribution < -0.4 is 5.73 Å². The van der Waals surface area contributed by atoms with Gasteiger partial charge in [0.2, 0.25) is 0 Å². The molecule has 11 nitrogen and oxygen atoms in total. The van der Waals surface area contributed by atoms with Crippen LogP contribution in [0.2, 0.25) is 0 Å². The van der Waals surface area contributed by atoms with Crippen LogP contribution in [0.15, 0.2) is 48.6 Å². The highest BCUT2D eigenvalue weighted by Crippen LogP contribution is 2.43. The van der Waals surface area contributed by atoms with E-state index in [0.717, 1.165) is 64.2 Å². The average Bonchev–Trinajstić information content (AvgIpc) is 3.07. The lowest BCUT2D eigenvalue weighted by Gasteiger charge is -2.20. The summed E-state index contributed by atoms with van der Waals surface area (Å²) in [6.07, 6.45) is 33.4. The van der Waals surface area contributed by atoms with Crippen LogP contribution in [0, 0.1) is 0 Å². The van der Waals surface area contributed by atoms with Gasteiger partial charge >= 0.3 is 25.7 Å². The minimum absolute atomic E-state index is 0.152. The first-order chi connectivity index (χ1) is 23.6. The molecule has 0 amide bonds. The molecule has 0 rings (SSSR count). The van der Waals surface area contributed by atoms with Gasteiger partial charge in [0.25, 0.3) is 0 Å². The molecule has 3 atom stereocenters. The smallest absolute Gasteiger partial charge is 0.472 e. The summed E-state index contributed by atoms with van der Waals surface area (Å²) in [5.41, 5.74) is 5.30. The summed E-state index contributed by atoms with van der Waals surface area (Å²) in [5.74, 6) is -2.43. The first kappa shape index (κ1) is 46.4. The van der Waals surface area contributed by atoms with Gasteiger partial charge in [-0.3, -0.25) is 23.4 Å². The predicted molar refractivity (Wildman–Crippen MR) is 194 cm³/mol. The minimum atomic E-state index is -4.71. The van der Waals surface area contributed by atoms with Gasteiger partial charge in [0, 0.05) is 12.8 Å². The molecule has 0 radical (unpaired) electrons. The third-order valence-corrected chi connectivity index (χ3v) is 8.26. The number of rotatable bonds is 33. The third kappa shape index (κ3) is 32.4. The van der Waals surface area contributed by atoms with Crippen LogP contribution in [-0.2, 0) is 37.5 Å². The molecule has 49 heavy (non-hydrogen) atoms. The SMILES string of the molecule is CCC/C=C/C/C=C/C/C=C/C/C=C/CCCCCC(=O)OC[C@@H](COP(=O)(O)OC[C@@H](N)C(=O)O)OC(=O)CCCCCCCCCC. The lowest BCUT2D eigenvalue weighted by atomic mass is 10.1. The van der Waals surface area contributed by atoms with Crippen molar-refractivity contribution in [2.24, 2.45) is 5.73 Å². The van der Waals surface area contributed by atoms with Crippen LogP contribution in [0.25, 0.3) is 0 Å². The number of phosphoric acid groups is 1. The summed E-state index contributed by atoms with van der Waals surface area (Å²) in [4.78, 5) is 45.5. The van der Waals surface area contributed by atoms with Gasteiger partial charge < -0.3 is 25.2 Å². The third-order valence-electron chi connectivity index (χ3n) is 7.31. The van der Waals surface area contributed by atoms with E-state index in [4.69, 9.17) is 24.8 Å². The number of carboxylic acid groups (broad SMARTS) is 1. The van der Waals surface area contributed by atoms with E-state index < -0.39 is 51.1 Å². The first-order valence-corrected chi connectivity index (χ1v) is 19.7. The number of esters is 2. The van der Waals surface area contributed by atoms with Crippen molar-refractivity contribution in [1.29, 1.82) is 0 Å². The second-order valence-corrected chi connectivity index (χ2v) is 13.5. The Morgan fingerprint density at radius 1 is 0.633 bits per heavy atom. The summed E-state index contributed by atoms with van der Waals surface area (Å²) in [6.45, 7) is 2.62. The second-order valence-electron chi connectivity index (χ2n) is 12.0. The quantitative estimate of drug-likeness (QED) is 0.0257. The summed E-state index contributed by atoms with van der Waals surface area (Å²) < 4.78 is 32.4. The van der Waals surface area contributed by atoms with Crippen molar-refractivity contribution in [1.82, 2.24) is 0 Å². The zero-order valence-electron chi connectivity index (χ0n) is 30.0. The number of carbonyl (C=O) groups is 3. The summed E-state index contributed by atoms with van der Waals surface area (Å²) in [7, 11) is -4.71. The van der Waals surface area contributed by atoms with Crippen molar-refractivity contribution in [3.05, 3.63) is 48.6 Å². The topological polar surface area (TPSA) is 172 Å². The maximum atomic E-state index is 12.5. The Bertz CT molecular complexity index is 1030. The molecule has 282 valence electrons. The van der Waals surface area contributed by atoms with Crippen molar-refractivity contribution >= 4 is 25.7 Å². The average molecular weight is 714 g/mol. The molecule has 0 aromatic rings. The molecule has 0 spiro atoms. The molecule has 0 bridgehead atoms. The Morgan fingerprint density at radius 2 is 1.12 bits per heavy atom. The number of hydrogen-bond acceptors (Lipinski definition) is 9. The standard InChI is InChI=1S/C37H64NO10P/c1-3-5-7-9-11-13-14-15-16-17-18-19-20-21-23-24-26-28-35(39)45-30-33(31-46-49(43,44)47-32-34(38)37(41)42)48-36(40)29-27-25-22-12-10-8-6-4-2/h7,9,13-14,16-17,19-20,33-34H,3-6,8,10-12,15,18,21-32,38H2,1-2H3,(H,41,42)(H,43,44)/b9-7+,14-13+,17-16+,20-19+/t33-,34+/m0/s1. The van der Waals surface area contributed by atoms with Crippen LogP contribution in [0.3, 0.4) is 0 Å².